The molecule has 0 spiro atoms. The van der Waals surface area contributed by atoms with Crippen LogP contribution in [0.4, 0.5) is 0 Å². The normalized spacial score (nSPS) is 13.6. The molecule has 6 heteroatoms. The Morgan fingerprint density at radius 1 is 1.23 bits per heavy atom. The Morgan fingerprint density at radius 2 is 2.04 bits per heavy atom. The summed E-state index contributed by atoms with van der Waals surface area (Å²) in [6, 6.07) is 15.0. The Labute approximate surface area is 152 Å². The van der Waals surface area contributed by atoms with Crippen LogP contribution in [0, 0.1) is 0 Å². The Bertz CT molecular complexity index is 777. The van der Waals surface area contributed by atoms with E-state index in [-0.39, 0.29) is 18.4 Å². The Morgan fingerprint density at radius 3 is 2.81 bits per heavy atom. The number of amides is 2. The molecule has 2 amide bonds. The van der Waals surface area contributed by atoms with E-state index in [0.717, 1.165) is 11.1 Å². The molecule has 0 fully saturated rings. The fourth-order valence-electron chi connectivity index (χ4n) is 2.80. The lowest BCUT2D eigenvalue weighted by atomic mass is 10.1. The van der Waals surface area contributed by atoms with Crippen molar-refractivity contribution in [2.24, 2.45) is 0 Å². The average Bonchev–Trinajstić information content (AvgIpc) is 2.83. The number of nitrogens with one attached hydrogen (secondary N) is 1. The monoisotopic (exact) mass is 354 g/mol. The summed E-state index contributed by atoms with van der Waals surface area (Å²) in [4.78, 5) is 26.3. The minimum Gasteiger partial charge on any atom is -0.483 e. The van der Waals surface area contributed by atoms with Crippen molar-refractivity contribution in [3.05, 3.63) is 65.2 Å². The predicted molar refractivity (Wildman–Crippen MR) is 96.8 cm³/mol. The second kappa shape index (κ2) is 8.49. The fraction of sp³-hybridized carbons (Fsp3) is 0.300. The zero-order chi connectivity index (χ0) is 18.4. The van der Waals surface area contributed by atoms with Crippen molar-refractivity contribution in [2.75, 3.05) is 26.9 Å². The molecular formula is C20H22N2O4. The number of rotatable bonds is 6. The van der Waals surface area contributed by atoms with Crippen molar-refractivity contribution in [2.45, 2.75) is 13.1 Å². The van der Waals surface area contributed by atoms with Gasteiger partial charge < -0.3 is 19.7 Å². The van der Waals surface area contributed by atoms with Crippen LogP contribution in [-0.4, -0.2) is 43.6 Å². The summed E-state index contributed by atoms with van der Waals surface area (Å²) in [5, 5.41) is 2.91. The number of carbonyl (C=O) groups excluding carboxylic acids is 2. The van der Waals surface area contributed by atoms with Crippen LogP contribution in [0.15, 0.2) is 48.5 Å². The minimum absolute atomic E-state index is 0.00371. The van der Waals surface area contributed by atoms with E-state index in [0.29, 0.717) is 37.6 Å². The molecule has 1 aliphatic rings. The van der Waals surface area contributed by atoms with E-state index in [9.17, 15) is 9.59 Å². The molecule has 1 N–H and O–H groups in total. The van der Waals surface area contributed by atoms with Crippen molar-refractivity contribution >= 4 is 11.8 Å². The summed E-state index contributed by atoms with van der Waals surface area (Å²) in [7, 11) is 1.60. The second-order valence-electron chi connectivity index (χ2n) is 6.09. The number of fused-ring (bicyclic) bond motifs is 1. The highest BCUT2D eigenvalue weighted by Gasteiger charge is 2.22. The number of hydrogen-bond donors (Lipinski definition) is 1. The SMILES string of the molecule is COCCN1Cc2cc(C(=O)NCc3ccccc3)ccc2OCC1=O. The van der Waals surface area contributed by atoms with Gasteiger partial charge in [0.05, 0.1) is 6.61 Å². The van der Waals surface area contributed by atoms with Crippen LogP contribution in [0.25, 0.3) is 0 Å². The van der Waals surface area contributed by atoms with E-state index < -0.39 is 0 Å². The summed E-state index contributed by atoms with van der Waals surface area (Å²) in [6.45, 7) is 1.81. The molecule has 1 aliphatic heterocycles. The molecule has 3 rings (SSSR count). The minimum atomic E-state index is -0.157. The molecule has 26 heavy (non-hydrogen) atoms. The van der Waals surface area contributed by atoms with E-state index in [4.69, 9.17) is 9.47 Å². The molecule has 0 aliphatic carbocycles. The van der Waals surface area contributed by atoms with Gasteiger partial charge in [-0.05, 0) is 23.8 Å². The van der Waals surface area contributed by atoms with Gasteiger partial charge in [-0.2, -0.15) is 0 Å². The first-order valence-electron chi connectivity index (χ1n) is 8.52. The molecule has 1 heterocycles. The Balaban J connectivity index is 1.71. The molecule has 0 radical (unpaired) electrons. The molecule has 0 bridgehead atoms. The Hall–Kier alpha value is -2.86. The first-order valence-corrected chi connectivity index (χ1v) is 8.52. The van der Waals surface area contributed by atoms with Gasteiger partial charge in [0.25, 0.3) is 11.8 Å². The van der Waals surface area contributed by atoms with Crippen LogP contribution in [-0.2, 0) is 22.6 Å². The van der Waals surface area contributed by atoms with Gasteiger partial charge in [0.2, 0.25) is 0 Å². The molecule has 0 atom stereocenters. The largest absolute Gasteiger partial charge is 0.483 e. The van der Waals surface area contributed by atoms with Gasteiger partial charge in [0.1, 0.15) is 5.75 Å². The molecule has 0 saturated heterocycles. The first kappa shape index (κ1) is 17.9. The van der Waals surface area contributed by atoms with Crippen LogP contribution < -0.4 is 10.1 Å². The van der Waals surface area contributed by atoms with Crippen LogP contribution in [0.2, 0.25) is 0 Å². The number of nitrogens with zero attached hydrogens (tertiary/aromatic N) is 1. The highest BCUT2D eigenvalue weighted by atomic mass is 16.5. The third kappa shape index (κ3) is 4.40. The van der Waals surface area contributed by atoms with E-state index in [1.165, 1.54) is 0 Å². The van der Waals surface area contributed by atoms with Gasteiger partial charge >= 0.3 is 0 Å². The highest BCUT2D eigenvalue weighted by Crippen LogP contribution is 2.24. The number of carbonyl (C=O) groups is 2. The van der Waals surface area contributed by atoms with E-state index in [1.54, 1.807) is 30.2 Å². The van der Waals surface area contributed by atoms with Gasteiger partial charge in [0.15, 0.2) is 6.61 Å². The molecule has 6 nitrogen and oxygen atoms in total. The summed E-state index contributed by atoms with van der Waals surface area (Å²) in [5.74, 6) is 0.391. The third-order valence-electron chi connectivity index (χ3n) is 4.25. The smallest absolute Gasteiger partial charge is 0.260 e. The van der Waals surface area contributed by atoms with Gasteiger partial charge in [-0.1, -0.05) is 30.3 Å². The summed E-state index contributed by atoms with van der Waals surface area (Å²) < 4.78 is 10.6. The molecular weight excluding hydrogens is 332 g/mol. The summed E-state index contributed by atoms with van der Waals surface area (Å²) in [5.41, 5.74) is 2.40. The van der Waals surface area contributed by atoms with Crippen LogP contribution in [0.5, 0.6) is 5.75 Å². The van der Waals surface area contributed by atoms with E-state index in [2.05, 4.69) is 5.32 Å². The van der Waals surface area contributed by atoms with Gasteiger partial charge in [-0.3, -0.25) is 9.59 Å². The molecule has 136 valence electrons. The Kier molecular flexibility index (Phi) is 5.86. The van der Waals surface area contributed by atoms with Crippen molar-refractivity contribution in [3.8, 4) is 5.75 Å². The van der Waals surface area contributed by atoms with Crippen LogP contribution >= 0.6 is 0 Å². The zero-order valence-electron chi connectivity index (χ0n) is 14.7. The van der Waals surface area contributed by atoms with Crippen molar-refractivity contribution < 1.29 is 19.1 Å². The van der Waals surface area contributed by atoms with Crippen LogP contribution in [0.1, 0.15) is 21.5 Å². The number of ether oxygens (including phenoxy) is 2. The van der Waals surface area contributed by atoms with Crippen molar-refractivity contribution in [3.63, 3.8) is 0 Å². The maximum atomic E-state index is 12.5. The maximum Gasteiger partial charge on any atom is 0.260 e. The summed E-state index contributed by atoms with van der Waals surface area (Å²) in [6.07, 6.45) is 0. The fourth-order valence-corrected chi connectivity index (χ4v) is 2.80. The summed E-state index contributed by atoms with van der Waals surface area (Å²) >= 11 is 0. The van der Waals surface area contributed by atoms with Crippen molar-refractivity contribution in [1.82, 2.24) is 10.2 Å². The standard InChI is InChI=1S/C20H22N2O4/c1-25-10-9-22-13-17-11-16(7-8-18(17)26-14-19(22)23)20(24)21-12-15-5-3-2-4-6-15/h2-8,11H,9-10,12-14H2,1H3,(H,21,24). The zero-order valence-corrected chi connectivity index (χ0v) is 14.7. The molecule has 0 unspecified atom stereocenters. The third-order valence-corrected chi connectivity index (χ3v) is 4.25. The van der Waals surface area contributed by atoms with Gasteiger partial charge in [-0.15, -0.1) is 0 Å². The quantitative estimate of drug-likeness (QED) is 0.861. The number of methoxy groups -OCH3 is 1. The molecule has 2 aromatic carbocycles. The molecule has 0 saturated carbocycles. The lowest BCUT2D eigenvalue weighted by Gasteiger charge is -2.19. The average molecular weight is 354 g/mol. The highest BCUT2D eigenvalue weighted by molar-refractivity contribution is 5.94. The lowest BCUT2D eigenvalue weighted by molar-refractivity contribution is -0.133. The van der Waals surface area contributed by atoms with E-state index in [1.807, 2.05) is 30.3 Å². The van der Waals surface area contributed by atoms with Gasteiger partial charge in [-0.25, -0.2) is 0 Å². The number of hydrogen-bond acceptors (Lipinski definition) is 4. The van der Waals surface area contributed by atoms with E-state index >= 15 is 0 Å². The molecule has 0 aromatic heterocycles. The van der Waals surface area contributed by atoms with Crippen LogP contribution in [0.3, 0.4) is 0 Å². The first-order chi connectivity index (χ1) is 12.7. The molecule has 2 aromatic rings. The maximum absolute atomic E-state index is 12.5. The second-order valence-corrected chi connectivity index (χ2v) is 6.09. The lowest BCUT2D eigenvalue weighted by Crippen LogP contribution is -2.34. The predicted octanol–water partition coefficient (Wildman–Crippen LogP) is 1.98. The topological polar surface area (TPSA) is 67.9 Å². The van der Waals surface area contributed by atoms with Gasteiger partial charge in [0, 0.05) is 37.9 Å². The van der Waals surface area contributed by atoms with Crippen molar-refractivity contribution in [1.29, 1.82) is 0 Å². The number of benzene rings is 2.